The number of hydrogen-bond donors (Lipinski definition) is 2. The molecule has 1 spiro atoms. The molecule has 2 saturated heterocycles. The van der Waals surface area contributed by atoms with Crippen LogP contribution >= 0.6 is 0 Å². The standard InChI is InChI=1S/C20H25N3O4/c1-3-16-13(2)14-6-4-7-15(17(14)26-16)22-18(24)23-10-5-8-20(9-11-23)12-21-19(25)27-20/h4,6-7H,3,5,8-12H2,1-2H3,(H,21,25)(H,22,24)/t20-/m0/s1. The number of alkyl carbamates (subject to hydrolysis) is 1. The Hall–Kier alpha value is -2.70. The van der Waals surface area contributed by atoms with E-state index in [1.54, 1.807) is 4.90 Å². The fraction of sp³-hybridized carbons (Fsp3) is 0.500. The third kappa shape index (κ3) is 3.22. The average Bonchev–Trinajstić information content (AvgIpc) is 3.10. The number of likely N-dealkylation sites (tertiary alicyclic amines) is 1. The first-order valence-corrected chi connectivity index (χ1v) is 9.55. The molecule has 0 aliphatic carbocycles. The van der Waals surface area contributed by atoms with Crippen LogP contribution in [0.15, 0.2) is 22.6 Å². The maximum atomic E-state index is 12.8. The maximum absolute atomic E-state index is 12.8. The first-order valence-electron chi connectivity index (χ1n) is 9.55. The van der Waals surface area contributed by atoms with E-state index >= 15 is 0 Å². The number of urea groups is 1. The smallest absolute Gasteiger partial charge is 0.407 e. The van der Waals surface area contributed by atoms with Gasteiger partial charge in [0.1, 0.15) is 11.4 Å². The maximum Gasteiger partial charge on any atom is 0.407 e. The van der Waals surface area contributed by atoms with Crippen molar-refractivity contribution in [2.45, 2.75) is 45.1 Å². The summed E-state index contributed by atoms with van der Waals surface area (Å²) >= 11 is 0. The molecule has 2 aliphatic rings. The number of ether oxygens (including phenoxy) is 1. The van der Waals surface area contributed by atoms with E-state index in [1.165, 1.54) is 0 Å². The summed E-state index contributed by atoms with van der Waals surface area (Å²) in [4.78, 5) is 26.1. The lowest BCUT2D eigenvalue weighted by molar-refractivity contribution is 0.0454. The predicted molar refractivity (Wildman–Crippen MR) is 102 cm³/mol. The first-order chi connectivity index (χ1) is 13.0. The predicted octanol–water partition coefficient (Wildman–Crippen LogP) is 3.80. The molecule has 27 heavy (non-hydrogen) atoms. The van der Waals surface area contributed by atoms with Crippen molar-refractivity contribution in [2.75, 3.05) is 25.0 Å². The van der Waals surface area contributed by atoms with Crippen LogP contribution in [0, 0.1) is 6.92 Å². The van der Waals surface area contributed by atoms with Crippen LogP contribution < -0.4 is 10.6 Å². The summed E-state index contributed by atoms with van der Waals surface area (Å²) in [6.07, 6.45) is 2.66. The Kier molecular flexibility index (Phi) is 4.45. The molecule has 4 rings (SSSR count). The molecule has 1 atom stereocenters. The van der Waals surface area contributed by atoms with Crippen molar-refractivity contribution in [1.29, 1.82) is 0 Å². The van der Waals surface area contributed by atoms with Crippen molar-refractivity contribution >= 4 is 28.8 Å². The molecule has 2 N–H and O–H groups in total. The average molecular weight is 371 g/mol. The minimum absolute atomic E-state index is 0.149. The van der Waals surface area contributed by atoms with Gasteiger partial charge in [0.05, 0.1) is 12.2 Å². The molecule has 0 radical (unpaired) electrons. The van der Waals surface area contributed by atoms with Crippen molar-refractivity contribution in [3.8, 4) is 0 Å². The van der Waals surface area contributed by atoms with Crippen LogP contribution in [-0.4, -0.2) is 42.3 Å². The second-order valence-electron chi connectivity index (χ2n) is 7.38. The minimum atomic E-state index is -0.472. The summed E-state index contributed by atoms with van der Waals surface area (Å²) < 4.78 is 11.5. The van der Waals surface area contributed by atoms with Crippen molar-refractivity contribution in [3.63, 3.8) is 0 Å². The van der Waals surface area contributed by atoms with Gasteiger partial charge >= 0.3 is 12.1 Å². The molecule has 0 saturated carbocycles. The lowest BCUT2D eigenvalue weighted by Gasteiger charge is -2.25. The number of nitrogens with one attached hydrogen (secondary N) is 2. The number of benzene rings is 1. The summed E-state index contributed by atoms with van der Waals surface area (Å²) in [5.41, 5.74) is 2.06. The van der Waals surface area contributed by atoms with Gasteiger partial charge in [-0.3, -0.25) is 0 Å². The Morgan fingerprint density at radius 3 is 2.93 bits per heavy atom. The molecule has 1 aromatic carbocycles. The highest BCUT2D eigenvalue weighted by Crippen LogP contribution is 2.32. The van der Waals surface area contributed by atoms with Crippen molar-refractivity contribution in [1.82, 2.24) is 10.2 Å². The first kappa shape index (κ1) is 17.7. The number of carbonyl (C=O) groups excluding carboxylic acids is 2. The monoisotopic (exact) mass is 371 g/mol. The fourth-order valence-electron chi connectivity index (χ4n) is 4.07. The van der Waals surface area contributed by atoms with Crippen LogP contribution in [0.2, 0.25) is 0 Å². The lowest BCUT2D eigenvalue weighted by Crippen LogP contribution is -2.38. The molecule has 3 amide bonds. The third-order valence-corrected chi connectivity index (χ3v) is 5.67. The van der Waals surface area contributed by atoms with E-state index in [9.17, 15) is 9.59 Å². The Morgan fingerprint density at radius 2 is 2.19 bits per heavy atom. The topological polar surface area (TPSA) is 83.8 Å². The number of nitrogens with zero attached hydrogens (tertiary/aromatic N) is 1. The Balaban J connectivity index is 1.49. The van der Waals surface area contributed by atoms with Crippen LogP contribution in [0.25, 0.3) is 11.0 Å². The molecule has 7 nitrogen and oxygen atoms in total. The second-order valence-corrected chi connectivity index (χ2v) is 7.38. The highest BCUT2D eigenvalue weighted by molar-refractivity contribution is 6.00. The number of amides is 3. The van der Waals surface area contributed by atoms with Gasteiger partial charge < -0.3 is 24.7 Å². The van der Waals surface area contributed by atoms with E-state index < -0.39 is 5.60 Å². The zero-order chi connectivity index (χ0) is 19.0. The van der Waals surface area contributed by atoms with E-state index in [2.05, 4.69) is 17.6 Å². The number of rotatable bonds is 2. The highest BCUT2D eigenvalue weighted by atomic mass is 16.6. The van der Waals surface area contributed by atoms with Gasteiger partial charge in [0, 0.05) is 31.3 Å². The quantitative estimate of drug-likeness (QED) is 0.841. The number of carbonyl (C=O) groups is 2. The molecule has 1 aromatic heterocycles. The van der Waals surface area contributed by atoms with Gasteiger partial charge in [-0.2, -0.15) is 0 Å². The molecule has 0 unspecified atom stereocenters. The van der Waals surface area contributed by atoms with Crippen LogP contribution in [0.4, 0.5) is 15.3 Å². The van der Waals surface area contributed by atoms with Gasteiger partial charge in [0.15, 0.2) is 5.58 Å². The molecular formula is C20H25N3O4. The zero-order valence-corrected chi connectivity index (χ0v) is 15.8. The number of aryl methyl sites for hydroxylation is 2. The van der Waals surface area contributed by atoms with Crippen molar-refractivity contribution in [3.05, 3.63) is 29.5 Å². The van der Waals surface area contributed by atoms with E-state index in [4.69, 9.17) is 9.15 Å². The number of anilines is 1. The van der Waals surface area contributed by atoms with Gasteiger partial charge in [-0.1, -0.05) is 19.1 Å². The van der Waals surface area contributed by atoms with Gasteiger partial charge in [-0.25, -0.2) is 9.59 Å². The third-order valence-electron chi connectivity index (χ3n) is 5.67. The van der Waals surface area contributed by atoms with Crippen LogP contribution in [-0.2, 0) is 11.2 Å². The van der Waals surface area contributed by atoms with E-state index in [0.717, 1.165) is 41.6 Å². The summed E-state index contributed by atoms with van der Waals surface area (Å²) in [5, 5.41) is 6.77. The Labute approximate surface area is 158 Å². The summed E-state index contributed by atoms with van der Waals surface area (Å²) in [5.74, 6) is 0.943. The van der Waals surface area contributed by atoms with Crippen LogP contribution in [0.3, 0.4) is 0 Å². The normalized spacial score (nSPS) is 22.6. The lowest BCUT2D eigenvalue weighted by atomic mass is 9.95. The molecule has 7 heteroatoms. The summed E-state index contributed by atoms with van der Waals surface area (Å²) in [6.45, 7) is 5.81. The molecule has 2 fully saturated rings. The van der Waals surface area contributed by atoms with Crippen molar-refractivity contribution in [2.24, 2.45) is 0 Å². The number of para-hydroxylation sites is 1. The molecular weight excluding hydrogens is 346 g/mol. The van der Waals surface area contributed by atoms with E-state index in [0.29, 0.717) is 31.7 Å². The number of fused-ring (bicyclic) bond motifs is 1. The van der Waals surface area contributed by atoms with E-state index in [-0.39, 0.29) is 12.1 Å². The minimum Gasteiger partial charge on any atom is -0.459 e. The largest absolute Gasteiger partial charge is 0.459 e. The van der Waals surface area contributed by atoms with Gasteiger partial charge in [0.25, 0.3) is 0 Å². The Bertz CT molecular complexity index is 891. The summed E-state index contributed by atoms with van der Waals surface area (Å²) in [7, 11) is 0. The van der Waals surface area contributed by atoms with Crippen LogP contribution in [0.5, 0.6) is 0 Å². The number of furan rings is 1. The highest BCUT2D eigenvalue weighted by Gasteiger charge is 2.41. The molecule has 2 aliphatic heterocycles. The fourth-order valence-corrected chi connectivity index (χ4v) is 4.07. The van der Waals surface area contributed by atoms with Crippen LogP contribution in [0.1, 0.15) is 37.5 Å². The molecule has 3 heterocycles. The van der Waals surface area contributed by atoms with Gasteiger partial charge in [-0.15, -0.1) is 0 Å². The second kappa shape index (κ2) is 6.79. The summed E-state index contributed by atoms with van der Waals surface area (Å²) in [6, 6.07) is 5.66. The Morgan fingerprint density at radius 1 is 1.33 bits per heavy atom. The zero-order valence-electron chi connectivity index (χ0n) is 15.8. The van der Waals surface area contributed by atoms with E-state index in [1.807, 2.05) is 25.1 Å². The molecule has 0 bridgehead atoms. The molecule has 144 valence electrons. The van der Waals surface area contributed by atoms with Crippen molar-refractivity contribution < 1.29 is 18.7 Å². The van der Waals surface area contributed by atoms with Gasteiger partial charge in [0.2, 0.25) is 0 Å². The number of hydrogen-bond acceptors (Lipinski definition) is 4. The SMILES string of the molecule is CCc1oc2c(NC(=O)N3CCC[C@]4(CC3)CNC(=O)O4)cccc2c1C. The van der Waals surface area contributed by atoms with Gasteiger partial charge in [-0.05, 0) is 31.4 Å². The molecule has 2 aromatic rings.